The third-order valence-electron chi connectivity index (χ3n) is 3.22. The lowest BCUT2D eigenvalue weighted by Gasteiger charge is -2.04. The van der Waals surface area contributed by atoms with Gasteiger partial charge in [0, 0.05) is 5.56 Å². The van der Waals surface area contributed by atoms with Gasteiger partial charge in [0.1, 0.15) is 5.84 Å². The van der Waals surface area contributed by atoms with E-state index >= 15 is 0 Å². The maximum Gasteiger partial charge on any atom is 0.263 e. The van der Waals surface area contributed by atoms with Crippen LogP contribution in [0.2, 0.25) is 0 Å². The number of alkyl halides is 1. The first-order valence-electron chi connectivity index (χ1n) is 5.89. The van der Waals surface area contributed by atoms with E-state index in [1.807, 2.05) is 0 Å². The molecule has 96 valence electrons. The van der Waals surface area contributed by atoms with Crippen molar-refractivity contribution in [1.82, 2.24) is 4.72 Å². The molecule has 3 rings (SSSR count). The first-order chi connectivity index (χ1) is 8.58. The Morgan fingerprint density at radius 1 is 1.39 bits per heavy atom. The van der Waals surface area contributed by atoms with Gasteiger partial charge in [0.25, 0.3) is 10.0 Å². The van der Waals surface area contributed by atoms with Crippen LogP contribution in [0.5, 0.6) is 0 Å². The third kappa shape index (κ3) is 2.12. The highest BCUT2D eigenvalue weighted by atomic mass is 35.5. The van der Waals surface area contributed by atoms with E-state index in [2.05, 4.69) is 9.71 Å². The number of rotatable bonds is 3. The molecule has 4 nitrogen and oxygen atoms in total. The minimum Gasteiger partial charge on any atom is -0.266 e. The van der Waals surface area contributed by atoms with Gasteiger partial charge in [-0.1, -0.05) is 12.1 Å². The van der Waals surface area contributed by atoms with Crippen LogP contribution in [0.25, 0.3) is 0 Å². The Morgan fingerprint density at radius 3 is 2.83 bits per heavy atom. The standard InChI is InChI=1S/C12H13ClN2O2S/c13-10(8-5-6-8)7-14-12-9-3-1-2-4-11(9)18(16,17)15-12/h1-4,8,10H,5-7H2,(H,14,15). The predicted octanol–water partition coefficient (Wildman–Crippen LogP) is 1.74. The van der Waals surface area contributed by atoms with Gasteiger partial charge >= 0.3 is 0 Å². The summed E-state index contributed by atoms with van der Waals surface area (Å²) in [6, 6.07) is 6.84. The van der Waals surface area contributed by atoms with Crippen LogP contribution < -0.4 is 4.72 Å². The van der Waals surface area contributed by atoms with Crippen molar-refractivity contribution < 1.29 is 8.42 Å². The summed E-state index contributed by atoms with van der Waals surface area (Å²) in [7, 11) is -3.43. The number of aliphatic imine (C=N–C) groups is 1. The monoisotopic (exact) mass is 284 g/mol. The van der Waals surface area contributed by atoms with Gasteiger partial charge < -0.3 is 0 Å². The highest BCUT2D eigenvalue weighted by Gasteiger charge is 2.32. The number of nitrogens with zero attached hydrogens (tertiary/aromatic N) is 1. The first kappa shape index (κ1) is 12.0. The second-order valence-corrected chi connectivity index (χ2v) is 6.86. The number of amidine groups is 1. The molecule has 1 aliphatic heterocycles. The SMILES string of the molecule is O=S1(=O)NC(=NCC(Cl)C2CC2)c2ccccc21. The molecule has 1 unspecified atom stereocenters. The number of halogens is 1. The van der Waals surface area contributed by atoms with Crippen molar-refractivity contribution in [2.24, 2.45) is 10.9 Å². The Kier molecular flexibility index (Phi) is 2.83. The van der Waals surface area contributed by atoms with E-state index in [9.17, 15) is 8.42 Å². The fourth-order valence-corrected chi connectivity index (χ4v) is 3.61. The van der Waals surface area contributed by atoms with Crippen LogP contribution in [0.15, 0.2) is 34.2 Å². The van der Waals surface area contributed by atoms with E-state index in [0.29, 0.717) is 28.8 Å². The molecule has 1 aromatic carbocycles. The maximum absolute atomic E-state index is 11.8. The Morgan fingerprint density at radius 2 is 2.11 bits per heavy atom. The Bertz CT molecular complexity index is 608. The van der Waals surface area contributed by atoms with Crippen molar-refractivity contribution in [3.05, 3.63) is 29.8 Å². The average Bonchev–Trinajstić information content (AvgIpc) is 3.15. The molecule has 6 heteroatoms. The van der Waals surface area contributed by atoms with E-state index in [0.717, 1.165) is 12.8 Å². The summed E-state index contributed by atoms with van der Waals surface area (Å²) < 4.78 is 26.1. The Labute approximate surface area is 111 Å². The lowest BCUT2D eigenvalue weighted by Crippen LogP contribution is -2.23. The van der Waals surface area contributed by atoms with Gasteiger partial charge in [-0.2, -0.15) is 0 Å². The van der Waals surface area contributed by atoms with Gasteiger partial charge in [-0.15, -0.1) is 11.6 Å². The van der Waals surface area contributed by atoms with E-state index in [-0.39, 0.29) is 5.38 Å². The smallest absolute Gasteiger partial charge is 0.263 e. The molecule has 0 spiro atoms. The van der Waals surface area contributed by atoms with Gasteiger partial charge in [-0.05, 0) is 30.9 Å². The molecule has 1 heterocycles. The first-order valence-corrected chi connectivity index (χ1v) is 7.80. The summed E-state index contributed by atoms with van der Waals surface area (Å²) in [6.45, 7) is 0.457. The molecule has 2 aliphatic rings. The lowest BCUT2D eigenvalue weighted by atomic mass is 10.2. The molecule has 1 N–H and O–H groups in total. The van der Waals surface area contributed by atoms with E-state index < -0.39 is 10.0 Å². The third-order valence-corrected chi connectivity index (χ3v) is 5.11. The minimum atomic E-state index is -3.43. The summed E-state index contributed by atoms with van der Waals surface area (Å²) in [4.78, 5) is 4.61. The molecule has 0 bridgehead atoms. The summed E-state index contributed by atoms with van der Waals surface area (Å²) in [6.07, 6.45) is 2.31. The number of hydrogen-bond acceptors (Lipinski definition) is 3. The van der Waals surface area contributed by atoms with Crippen LogP contribution in [0.4, 0.5) is 0 Å². The topological polar surface area (TPSA) is 58.5 Å². The van der Waals surface area contributed by atoms with Gasteiger partial charge in [-0.3, -0.25) is 9.71 Å². The van der Waals surface area contributed by atoms with Gasteiger partial charge in [0.15, 0.2) is 0 Å². The van der Waals surface area contributed by atoms with Crippen LogP contribution in [-0.4, -0.2) is 26.2 Å². The number of fused-ring (bicyclic) bond motifs is 1. The number of sulfonamides is 1. The lowest BCUT2D eigenvalue weighted by molar-refractivity contribution is 0.595. The zero-order chi connectivity index (χ0) is 12.8. The predicted molar refractivity (Wildman–Crippen MR) is 70.5 cm³/mol. The Balaban J connectivity index is 1.88. The molecule has 0 saturated heterocycles. The fraction of sp³-hybridized carbons (Fsp3) is 0.417. The largest absolute Gasteiger partial charge is 0.266 e. The van der Waals surface area contributed by atoms with Crippen LogP contribution in [0.3, 0.4) is 0 Å². The van der Waals surface area contributed by atoms with Crippen molar-refractivity contribution in [1.29, 1.82) is 0 Å². The van der Waals surface area contributed by atoms with E-state index in [1.165, 1.54) is 0 Å². The zero-order valence-corrected chi connectivity index (χ0v) is 11.2. The average molecular weight is 285 g/mol. The van der Waals surface area contributed by atoms with Crippen molar-refractivity contribution in [2.45, 2.75) is 23.1 Å². The molecular formula is C12H13ClN2O2S. The number of benzene rings is 1. The maximum atomic E-state index is 11.8. The van der Waals surface area contributed by atoms with Crippen LogP contribution in [-0.2, 0) is 10.0 Å². The molecule has 0 aromatic heterocycles. The fourth-order valence-electron chi connectivity index (χ4n) is 2.04. The summed E-state index contributed by atoms with van der Waals surface area (Å²) in [5.74, 6) is 0.959. The second kappa shape index (κ2) is 4.24. The van der Waals surface area contributed by atoms with Crippen LogP contribution in [0, 0.1) is 5.92 Å². The number of nitrogens with one attached hydrogen (secondary N) is 1. The molecule has 1 aliphatic carbocycles. The van der Waals surface area contributed by atoms with Crippen LogP contribution in [0.1, 0.15) is 18.4 Å². The minimum absolute atomic E-state index is 0.00904. The summed E-state index contributed by atoms with van der Waals surface area (Å²) >= 11 is 6.17. The molecule has 0 amide bonds. The highest BCUT2D eigenvalue weighted by molar-refractivity contribution is 7.90. The summed E-state index contributed by atoms with van der Waals surface area (Å²) in [5, 5.41) is 0.00904. The molecular weight excluding hydrogens is 272 g/mol. The van der Waals surface area contributed by atoms with Gasteiger partial charge in [0.05, 0.1) is 16.8 Å². The molecule has 1 aromatic rings. The zero-order valence-electron chi connectivity index (χ0n) is 9.64. The second-order valence-electron chi connectivity index (χ2n) is 4.64. The van der Waals surface area contributed by atoms with Crippen molar-refractivity contribution in [3.63, 3.8) is 0 Å². The van der Waals surface area contributed by atoms with Crippen molar-refractivity contribution in [2.75, 3.05) is 6.54 Å². The Hall–Kier alpha value is -1.07. The molecule has 0 radical (unpaired) electrons. The van der Waals surface area contributed by atoms with Gasteiger partial charge in [-0.25, -0.2) is 8.42 Å². The van der Waals surface area contributed by atoms with Crippen molar-refractivity contribution in [3.8, 4) is 0 Å². The number of hydrogen-bond donors (Lipinski definition) is 1. The molecule has 18 heavy (non-hydrogen) atoms. The van der Waals surface area contributed by atoms with Gasteiger partial charge in [0.2, 0.25) is 0 Å². The van der Waals surface area contributed by atoms with Crippen molar-refractivity contribution >= 4 is 27.5 Å². The van der Waals surface area contributed by atoms with E-state index in [1.54, 1.807) is 24.3 Å². The highest BCUT2D eigenvalue weighted by Crippen LogP contribution is 2.35. The van der Waals surface area contributed by atoms with Crippen LogP contribution >= 0.6 is 11.6 Å². The molecule has 1 saturated carbocycles. The molecule has 1 fully saturated rings. The summed E-state index contributed by atoms with van der Waals surface area (Å²) in [5.41, 5.74) is 0.636. The molecule has 1 atom stereocenters. The quantitative estimate of drug-likeness (QED) is 0.860. The van der Waals surface area contributed by atoms with E-state index in [4.69, 9.17) is 11.6 Å². The normalized spacial score (nSPS) is 24.6.